The van der Waals surface area contributed by atoms with Gasteiger partial charge < -0.3 is 10.6 Å². The normalized spacial score (nSPS) is 13.0. The van der Waals surface area contributed by atoms with Gasteiger partial charge in [-0.3, -0.25) is 4.79 Å². The maximum absolute atomic E-state index is 12.2. The quantitative estimate of drug-likeness (QED) is 0.727. The van der Waals surface area contributed by atoms with Gasteiger partial charge in [0.2, 0.25) is 5.91 Å². The molecule has 2 N–H and O–H groups in total. The summed E-state index contributed by atoms with van der Waals surface area (Å²) in [5.41, 5.74) is 5.38. The van der Waals surface area contributed by atoms with E-state index in [1.54, 1.807) is 6.92 Å². The number of nitrogens with two attached hydrogens (primary N) is 1. The third-order valence-electron chi connectivity index (χ3n) is 1.83. The van der Waals surface area contributed by atoms with Gasteiger partial charge in [-0.05, 0) is 6.42 Å². The topological polar surface area (TPSA) is 46.3 Å². The Bertz CT molecular complexity index is 270. The molecular formula is C10H15F3N2O. The first-order chi connectivity index (χ1) is 7.31. The Balaban J connectivity index is 4.53. The lowest BCUT2D eigenvalue weighted by Crippen LogP contribution is -2.47. The van der Waals surface area contributed by atoms with E-state index in [0.717, 1.165) is 0 Å². The highest BCUT2D eigenvalue weighted by Gasteiger charge is 2.33. The van der Waals surface area contributed by atoms with Crippen LogP contribution in [0.2, 0.25) is 0 Å². The number of hydrogen-bond donors (Lipinski definition) is 1. The summed E-state index contributed by atoms with van der Waals surface area (Å²) in [6, 6.07) is -1.06. The van der Waals surface area contributed by atoms with Gasteiger partial charge in [-0.25, -0.2) is 0 Å². The van der Waals surface area contributed by atoms with Crippen LogP contribution >= 0.6 is 0 Å². The van der Waals surface area contributed by atoms with E-state index in [-0.39, 0.29) is 13.0 Å². The maximum atomic E-state index is 12.2. The van der Waals surface area contributed by atoms with E-state index in [2.05, 4.69) is 5.92 Å². The van der Waals surface area contributed by atoms with E-state index in [0.29, 0.717) is 11.3 Å². The Hall–Kier alpha value is -1.22. The zero-order chi connectivity index (χ0) is 12.8. The highest BCUT2D eigenvalue weighted by molar-refractivity contribution is 5.82. The average Bonchev–Trinajstić information content (AvgIpc) is 2.14. The molecule has 0 aliphatic rings. The van der Waals surface area contributed by atoms with Crippen molar-refractivity contribution in [3.05, 3.63) is 0 Å². The van der Waals surface area contributed by atoms with Crippen LogP contribution in [0.25, 0.3) is 0 Å². The van der Waals surface area contributed by atoms with Crippen molar-refractivity contribution in [1.82, 2.24) is 4.90 Å². The first-order valence-electron chi connectivity index (χ1n) is 4.86. The van der Waals surface area contributed by atoms with Gasteiger partial charge in [0.25, 0.3) is 0 Å². The van der Waals surface area contributed by atoms with Gasteiger partial charge >= 0.3 is 6.18 Å². The number of halogens is 3. The Morgan fingerprint density at radius 3 is 2.50 bits per heavy atom. The first-order valence-corrected chi connectivity index (χ1v) is 4.86. The van der Waals surface area contributed by atoms with Crippen LogP contribution < -0.4 is 5.73 Å². The third kappa shape index (κ3) is 5.61. The van der Waals surface area contributed by atoms with Crippen LogP contribution in [-0.4, -0.2) is 36.1 Å². The molecule has 0 fully saturated rings. The number of hydrogen-bond acceptors (Lipinski definition) is 2. The summed E-state index contributed by atoms with van der Waals surface area (Å²) in [6.07, 6.45) is 0.906. The van der Waals surface area contributed by atoms with Gasteiger partial charge in [0.1, 0.15) is 6.54 Å². The zero-order valence-electron chi connectivity index (χ0n) is 9.05. The minimum atomic E-state index is -4.42. The van der Waals surface area contributed by atoms with E-state index >= 15 is 0 Å². The van der Waals surface area contributed by atoms with Crippen LogP contribution in [0.1, 0.15) is 19.8 Å². The number of alkyl halides is 3. The van der Waals surface area contributed by atoms with Crippen molar-refractivity contribution in [3.63, 3.8) is 0 Å². The molecule has 0 radical (unpaired) electrons. The van der Waals surface area contributed by atoms with Crippen molar-refractivity contribution < 1.29 is 18.0 Å². The van der Waals surface area contributed by atoms with E-state index in [4.69, 9.17) is 12.2 Å². The van der Waals surface area contributed by atoms with Crippen LogP contribution in [0.4, 0.5) is 13.2 Å². The molecule has 0 rings (SSSR count). The summed E-state index contributed by atoms with van der Waals surface area (Å²) >= 11 is 0. The molecule has 0 heterocycles. The van der Waals surface area contributed by atoms with E-state index in [1.165, 1.54) is 0 Å². The van der Waals surface area contributed by atoms with Crippen LogP contribution in [-0.2, 0) is 4.79 Å². The number of nitrogens with zero attached hydrogens (tertiary/aromatic N) is 1. The Labute approximate surface area is 92.8 Å². The monoisotopic (exact) mass is 236 g/mol. The molecule has 0 aliphatic heterocycles. The van der Waals surface area contributed by atoms with Crippen molar-refractivity contribution in [2.45, 2.75) is 32.0 Å². The molecule has 3 nitrogen and oxygen atoms in total. The Morgan fingerprint density at radius 2 is 2.12 bits per heavy atom. The smallest absolute Gasteiger partial charge is 0.332 e. The van der Waals surface area contributed by atoms with Gasteiger partial charge in [0.15, 0.2) is 0 Å². The molecule has 0 aromatic rings. The molecule has 0 aromatic carbocycles. The van der Waals surface area contributed by atoms with Crippen molar-refractivity contribution in [3.8, 4) is 12.3 Å². The summed E-state index contributed by atoms with van der Waals surface area (Å²) in [5, 5.41) is 0. The number of amides is 1. The number of carbonyl (C=O) groups excluding carboxylic acids is 1. The Morgan fingerprint density at radius 1 is 1.56 bits per heavy atom. The minimum Gasteiger partial charge on any atom is -0.332 e. The lowest BCUT2D eigenvalue weighted by molar-refractivity contribution is -0.161. The fraction of sp³-hybridized carbons (Fsp3) is 0.700. The second-order valence-electron chi connectivity index (χ2n) is 3.39. The van der Waals surface area contributed by atoms with Crippen molar-refractivity contribution in [1.29, 1.82) is 0 Å². The van der Waals surface area contributed by atoms with Gasteiger partial charge in [-0.15, -0.1) is 12.3 Å². The molecule has 92 valence electrons. The van der Waals surface area contributed by atoms with Gasteiger partial charge in [-0.2, -0.15) is 13.2 Å². The molecular weight excluding hydrogens is 221 g/mol. The van der Waals surface area contributed by atoms with Crippen LogP contribution in [0, 0.1) is 12.3 Å². The summed E-state index contributed by atoms with van der Waals surface area (Å²) in [4.78, 5) is 12.2. The van der Waals surface area contributed by atoms with E-state index in [9.17, 15) is 18.0 Å². The van der Waals surface area contributed by atoms with Gasteiger partial charge in [0, 0.05) is 13.0 Å². The lowest BCUT2D eigenvalue weighted by Gasteiger charge is -2.25. The zero-order valence-corrected chi connectivity index (χ0v) is 9.05. The fourth-order valence-electron chi connectivity index (χ4n) is 1.20. The van der Waals surface area contributed by atoms with Crippen molar-refractivity contribution in [2.75, 3.05) is 13.1 Å². The summed E-state index contributed by atoms with van der Waals surface area (Å²) in [7, 11) is 0. The predicted octanol–water partition coefficient (Wildman–Crippen LogP) is 1.14. The van der Waals surface area contributed by atoms with Crippen LogP contribution in [0.15, 0.2) is 0 Å². The fourth-order valence-corrected chi connectivity index (χ4v) is 1.20. The summed E-state index contributed by atoms with van der Waals surface area (Å²) < 4.78 is 36.5. The van der Waals surface area contributed by atoms with Crippen molar-refractivity contribution >= 4 is 5.91 Å². The SMILES string of the molecule is C#CCC(N)C(=O)N(CCC)CC(F)(F)F. The van der Waals surface area contributed by atoms with Gasteiger partial charge in [-0.1, -0.05) is 6.92 Å². The molecule has 0 spiro atoms. The summed E-state index contributed by atoms with van der Waals surface area (Å²) in [5.74, 6) is 1.40. The van der Waals surface area contributed by atoms with Crippen LogP contribution in [0.3, 0.4) is 0 Å². The second kappa shape index (κ2) is 6.38. The van der Waals surface area contributed by atoms with Crippen LogP contribution in [0.5, 0.6) is 0 Å². The highest BCUT2D eigenvalue weighted by Crippen LogP contribution is 2.17. The minimum absolute atomic E-state index is 0.0244. The highest BCUT2D eigenvalue weighted by atomic mass is 19.4. The second-order valence-corrected chi connectivity index (χ2v) is 3.39. The number of rotatable bonds is 5. The third-order valence-corrected chi connectivity index (χ3v) is 1.83. The molecule has 0 aliphatic carbocycles. The Kier molecular flexibility index (Phi) is 5.89. The first kappa shape index (κ1) is 14.8. The van der Waals surface area contributed by atoms with Crippen molar-refractivity contribution in [2.24, 2.45) is 5.73 Å². The molecule has 6 heteroatoms. The average molecular weight is 236 g/mol. The molecule has 1 atom stereocenters. The van der Waals surface area contributed by atoms with E-state index in [1.807, 2.05) is 0 Å². The molecule has 0 bridgehead atoms. The molecule has 1 unspecified atom stereocenters. The largest absolute Gasteiger partial charge is 0.406 e. The molecule has 0 aromatic heterocycles. The lowest BCUT2D eigenvalue weighted by atomic mass is 10.2. The number of carbonyl (C=O) groups is 1. The molecule has 16 heavy (non-hydrogen) atoms. The van der Waals surface area contributed by atoms with E-state index < -0.39 is 24.7 Å². The predicted molar refractivity (Wildman–Crippen MR) is 54.4 cm³/mol. The standard InChI is InChI=1S/C10H15F3N2O/c1-3-5-8(14)9(16)15(6-4-2)7-10(11,12)13/h1,8H,4-7,14H2,2H3. The molecule has 0 saturated heterocycles. The maximum Gasteiger partial charge on any atom is 0.406 e. The molecule has 0 saturated carbocycles. The number of terminal acetylenes is 1. The van der Waals surface area contributed by atoms with Gasteiger partial charge in [0.05, 0.1) is 6.04 Å². The molecule has 1 amide bonds. The summed E-state index contributed by atoms with van der Waals surface area (Å²) in [6.45, 7) is 0.428.